The van der Waals surface area contributed by atoms with Gasteiger partial charge < -0.3 is 9.88 Å². The fraction of sp³-hybridized carbons (Fsp3) is 0.318. The van der Waals surface area contributed by atoms with Crippen molar-refractivity contribution >= 4 is 26.8 Å². The average molecular weight is 410 g/mol. The van der Waals surface area contributed by atoms with E-state index in [4.69, 9.17) is 0 Å². The van der Waals surface area contributed by atoms with Crippen molar-refractivity contribution in [3.05, 3.63) is 65.4 Å². The van der Waals surface area contributed by atoms with Gasteiger partial charge in [0.2, 0.25) is 10.0 Å². The molecule has 3 aromatic rings. The minimum absolute atomic E-state index is 0.0872. The number of nitrogens with zero attached hydrogens (tertiary/aromatic N) is 2. The molecule has 0 unspecified atom stereocenters. The summed E-state index contributed by atoms with van der Waals surface area (Å²) in [6, 6.07) is 15.1. The topological polar surface area (TPSA) is 73.5 Å². The lowest BCUT2D eigenvalue weighted by molar-refractivity contribution is 0.0693. The molecule has 2 aliphatic rings. The number of benzene rings is 2. The molecule has 0 bridgehead atoms. The molecular formula is C22H23N3O3S. The summed E-state index contributed by atoms with van der Waals surface area (Å²) in [6.45, 7) is 1.40. The van der Waals surface area contributed by atoms with Crippen molar-refractivity contribution < 1.29 is 13.2 Å². The fourth-order valence-corrected chi connectivity index (χ4v) is 5.82. The highest BCUT2D eigenvalue weighted by Gasteiger charge is 2.31. The van der Waals surface area contributed by atoms with Gasteiger partial charge >= 0.3 is 0 Å². The molecule has 0 atom stereocenters. The van der Waals surface area contributed by atoms with Crippen LogP contribution in [0.15, 0.2) is 53.4 Å². The third kappa shape index (κ3) is 3.24. The van der Waals surface area contributed by atoms with Crippen LogP contribution in [0.2, 0.25) is 0 Å². The van der Waals surface area contributed by atoms with Gasteiger partial charge in [-0.25, -0.2) is 8.42 Å². The van der Waals surface area contributed by atoms with Crippen LogP contribution < -0.4 is 0 Å². The van der Waals surface area contributed by atoms with Crippen molar-refractivity contribution in [2.45, 2.75) is 24.2 Å². The molecule has 150 valence electrons. The second-order valence-corrected chi connectivity index (χ2v) is 9.69. The van der Waals surface area contributed by atoms with Gasteiger partial charge in [0.05, 0.1) is 4.90 Å². The lowest BCUT2D eigenvalue weighted by Crippen LogP contribution is -2.50. The van der Waals surface area contributed by atoms with E-state index < -0.39 is 10.0 Å². The molecule has 29 heavy (non-hydrogen) atoms. The van der Waals surface area contributed by atoms with Gasteiger partial charge in [-0.3, -0.25) is 4.79 Å². The molecule has 1 fully saturated rings. The van der Waals surface area contributed by atoms with Crippen molar-refractivity contribution in [2.75, 3.05) is 26.2 Å². The Hall–Kier alpha value is -2.64. The Bertz CT molecular complexity index is 1160. The number of piperazine rings is 1. The minimum atomic E-state index is -3.53. The Morgan fingerprint density at radius 2 is 1.66 bits per heavy atom. The van der Waals surface area contributed by atoms with Crippen molar-refractivity contribution in [1.82, 2.24) is 14.2 Å². The summed E-state index contributed by atoms with van der Waals surface area (Å²) in [5.74, 6) is -0.0872. The van der Waals surface area contributed by atoms with Crippen LogP contribution in [-0.2, 0) is 22.9 Å². The summed E-state index contributed by atoms with van der Waals surface area (Å²) in [7, 11) is -3.53. The number of para-hydroxylation sites is 1. The number of hydrogen-bond donors (Lipinski definition) is 1. The van der Waals surface area contributed by atoms with Crippen molar-refractivity contribution in [1.29, 1.82) is 0 Å². The Morgan fingerprint density at radius 1 is 0.897 bits per heavy atom. The molecule has 1 N–H and O–H groups in total. The van der Waals surface area contributed by atoms with E-state index in [9.17, 15) is 13.2 Å². The van der Waals surface area contributed by atoms with E-state index in [1.54, 1.807) is 11.0 Å². The van der Waals surface area contributed by atoms with Crippen LogP contribution in [-0.4, -0.2) is 54.7 Å². The van der Waals surface area contributed by atoms with E-state index in [0.717, 1.165) is 35.7 Å². The Balaban J connectivity index is 1.30. The summed E-state index contributed by atoms with van der Waals surface area (Å²) in [5, 5.41) is 0.994. The first-order chi connectivity index (χ1) is 14.0. The SMILES string of the molecule is O=C(c1cc2ccccc2[nH]1)N1CCN(S(=O)(=O)c2ccc3c(c2)CCC3)CC1. The molecule has 0 radical (unpaired) electrons. The van der Waals surface area contributed by atoms with Gasteiger partial charge in [-0.05, 0) is 54.7 Å². The predicted octanol–water partition coefficient (Wildman–Crippen LogP) is 2.80. The number of H-pyrrole nitrogens is 1. The zero-order valence-electron chi connectivity index (χ0n) is 16.1. The van der Waals surface area contributed by atoms with E-state index in [-0.39, 0.29) is 5.91 Å². The third-order valence-corrected chi connectivity index (χ3v) is 7.89. The second kappa shape index (κ2) is 7.00. The molecule has 1 amide bonds. The normalized spacial score (nSPS) is 17.6. The molecule has 0 spiro atoms. The first kappa shape index (κ1) is 18.4. The zero-order valence-corrected chi connectivity index (χ0v) is 16.9. The molecule has 5 rings (SSSR count). The smallest absolute Gasteiger partial charge is 0.270 e. The summed E-state index contributed by atoms with van der Waals surface area (Å²) < 4.78 is 27.6. The largest absolute Gasteiger partial charge is 0.351 e. The summed E-state index contributed by atoms with van der Waals surface area (Å²) >= 11 is 0. The predicted molar refractivity (Wildman–Crippen MR) is 111 cm³/mol. The van der Waals surface area contributed by atoms with Crippen LogP contribution in [0.5, 0.6) is 0 Å². The summed E-state index contributed by atoms with van der Waals surface area (Å²) in [6.07, 6.45) is 3.07. The highest BCUT2D eigenvalue weighted by Crippen LogP contribution is 2.27. The molecule has 1 saturated heterocycles. The van der Waals surface area contributed by atoms with Crippen LogP contribution in [0.25, 0.3) is 10.9 Å². The first-order valence-corrected chi connectivity index (χ1v) is 11.5. The van der Waals surface area contributed by atoms with Crippen LogP contribution >= 0.6 is 0 Å². The maximum absolute atomic E-state index is 13.1. The average Bonchev–Trinajstić information content (AvgIpc) is 3.39. The maximum atomic E-state index is 13.1. The number of amides is 1. The molecule has 7 heteroatoms. The number of carbonyl (C=O) groups excluding carboxylic acids is 1. The standard InChI is InChI=1S/C22H23N3O3S/c26-22(21-15-18-4-1-2-7-20(18)23-21)24-10-12-25(13-11-24)29(27,28)19-9-8-16-5-3-6-17(16)14-19/h1-2,4,7-9,14-15,23H,3,5-6,10-13H2. The van der Waals surface area contributed by atoms with Crippen molar-refractivity contribution in [2.24, 2.45) is 0 Å². The van der Waals surface area contributed by atoms with Crippen LogP contribution in [0.1, 0.15) is 28.0 Å². The molecule has 2 heterocycles. The van der Waals surface area contributed by atoms with Gasteiger partial charge in [0.15, 0.2) is 0 Å². The number of aromatic nitrogens is 1. The van der Waals surface area contributed by atoms with Gasteiger partial charge in [0.25, 0.3) is 5.91 Å². The van der Waals surface area contributed by atoms with Gasteiger partial charge in [0, 0.05) is 37.1 Å². The number of aryl methyl sites for hydroxylation is 2. The molecule has 1 aliphatic heterocycles. The quantitative estimate of drug-likeness (QED) is 0.723. The van der Waals surface area contributed by atoms with E-state index in [0.29, 0.717) is 36.8 Å². The fourth-order valence-electron chi connectivity index (χ4n) is 4.35. The summed E-state index contributed by atoms with van der Waals surface area (Å²) in [5.41, 5.74) is 3.88. The number of sulfonamides is 1. The number of fused-ring (bicyclic) bond motifs is 2. The maximum Gasteiger partial charge on any atom is 0.270 e. The molecule has 1 aliphatic carbocycles. The number of carbonyl (C=O) groups is 1. The highest BCUT2D eigenvalue weighted by atomic mass is 32.2. The van der Waals surface area contributed by atoms with Crippen molar-refractivity contribution in [3.8, 4) is 0 Å². The number of nitrogens with one attached hydrogen (secondary N) is 1. The van der Waals surface area contributed by atoms with Gasteiger partial charge in [-0.2, -0.15) is 4.31 Å². The molecular weight excluding hydrogens is 386 g/mol. The Labute approximate surface area is 170 Å². The lowest BCUT2D eigenvalue weighted by Gasteiger charge is -2.33. The minimum Gasteiger partial charge on any atom is -0.351 e. The molecule has 0 saturated carbocycles. The first-order valence-electron chi connectivity index (χ1n) is 10.0. The summed E-state index contributed by atoms with van der Waals surface area (Å²) in [4.78, 5) is 18.1. The van der Waals surface area contributed by atoms with Crippen LogP contribution in [0, 0.1) is 0 Å². The second-order valence-electron chi connectivity index (χ2n) is 7.75. The third-order valence-electron chi connectivity index (χ3n) is 5.99. The molecule has 2 aromatic carbocycles. The van der Waals surface area contributed by atoms with E-state index in [1.807, 2.05) is 42.5 Å². The molecule has 6 nitrogen and oxygen atoms in total. The zero-order chi connectivity index (χ0) is 20.0. The number of hydrogen-bond acceptors (Lipinski definition) is 3. The number of aromatic amines is 1. The van der Waals surface area contributed by atoms with E-state index in [2.05, 4.69) is 4.98 Å². The Kier molecular flexibility index (Phi) is 4.44. The number of rotatable bonds is 3. The van der Waals surface area contributed by atoms with Gasteiger partial charge in [0.1, 0.15) is 5.69 Å². The van der Waals surface area contributed by atoms with Crippen LogP contribution in [0.4, 0.5) is 0 Å². The highest BCUT2D eigenvalue weighted by molar-refractivity contribution is 7.89. The monoisotopic (exact) mass is 409 g/mol. The van der Waals surface area contributed by atoms with Crippen molar-refractivity contribution in [3.63, 3.8) is 0 Å². The van der Waals surface area contributed by atoms with E-state index >= 15 is 0 Å². The lowest BCUT2D eigenvalue weighted by atomic mass is 10.1. The van der Waals surface area contributed by atoms with Crippen LogP contribution in [0.3, 0.4) is 0 Å². The molecule has 1 aromatic heterocycles. The Morgan fingerprint density at radius 3 is 2.45 bits per heavy atom. The van der Waals surface area contributed by atoms with Gasteiger partial charge in [-0.1, -0.05) is 24.3 Å². The van der Waals surface area contributed by atoms with E-state index in [1.165, 1.54) is 9.87 Å². The van der Waals surface area contributed by atoms with Gasteiger partial charge in [-0.15, -0.1) is 0 Å².